The molecule has 5 aromatic carbocycles. The van der Waals surface area contributed by atoms with Gasteiger partial charge in [0.25, 0.3) is 0 Å². The lowest BCUT2D eigenvalue weighted by molar-refractivity contribution is 0.794. The van der Waals surface area contributed by atoms with Crippen LogP contribution in [0.5, 0.6) is 0 Å². The lowest BCUT2D eigenvalue weighted by Gasteiger charge is -2.30. The summed E-state index contributed by atoms with van der Waals surface area (Å²) in [5, 5.41) is 0. The fourth-order valence-electron chi connectivity index (χ4n) is 5.95. The SMILES string of the molecule is Brc1cccc2c1-c1ccccc1C21c2ccccc2-c2ccc(-c3ccccc3)cc21. The minimum absolute atomic E-state index is 0.299. The van der Waals surface area contributed by atoms with Crippen LogP contribution in [0.15, 0.2) is 120 Å². The molecule has 1 unspecified atom stereocenters. The first-order chi connectivity index (χ1) is 15.8. The summed E-state index contributed by atoms with van der Waals surface area (Å²) in [6, 6.07) is 42.3. The third-order valence-corrected chi connectivity index (χ3v) is 7.83. The van der Waals surface area contributed by atoms with E-state index in [9.17, 15) is 0 Å². The molecule has 0 aliphatic heterocycles. The second kappa shape index (κ2) is 6.54. The van der Waals surface area contributed by atoms with E-state index in [0.717, 1.165) is 4.47 Å². The molecule has 1 spiro atoms. The molecule has 0 amide bonds. The van der Waals surface area contributed by atoms with Crippen molar-refractivity contribution in [3.8, 4) is 33.4 Å². The molecule has 0 N–H and O–H groups in total. The van der Waals surface area contributed by atoms with Gasteiger partial charge in [-0.3, -0.25) is 0 Å². The number of rotatable bonds is 1. The largest absolute Gasteiger partial charge is 0.0726 e. The maximum absolute atomic E-state index is 3.88. The van der Waals surface area contributed by atoms with Crippen LogP contribution in [0.25, 0.3) is 33.4 Å². The predicted molar refractivity (Wildman–Crippen MR) is 136 cm³/mol. The molecule has 0 saturated heterocycles. The molecule has 1 heteroatoms. The van der Waals surface area contributed by atoms with Gasteiger partial charge in [0.1, 0.15) is 0 Å². The molecule has 0 saturated carbocycles. The van der Waals surface area contributed by atoms with Crippen molar-refractivity contribution in [1.29, 1.82) is 0 Å². The van der Waals surface area contributed by atoms with Gasteiger partial charge in [0.2, 0.25) is 0 Å². The second-order valence-corrected chi connectivity index (χ2v) is 9.48. The molecule has 0 nitrogen and oxygen atoms in total. The molecule has 0 heterocycles. The second-order valence-electron chi connectivity index (χ2n) is 8.63. The Balaban J connectivity index is 1.66. The van der Waals surface area contributed by atoms with Gasteiger partial charge in [0.05, 0.1) is 5.41 Å². The number of benzene rings is 5. The summed E-state index contributed by atoms with van der Waals surface area (Å²) in [5.74, 6) is 0. The molecule has 2 aliphatic carbocycles. The van der Waals surface area contributed by atoms with Gasteiger partial charge in [-0.15, -0.1) is 0 Å². The summed E-state index contributed by atoms with van der Waals surface area (Å²) < 4.78 is 1.16. The van der Waals surface area contributed by atoms with Crippen molar-refractivity contribution in [3.63, 3.8) is 0 Å². The Morgan fingerprint density at radius 3 is 1.88 bits per heavy atom. The molecule has 150 valence electrons. The summed E-state index contributed by atoms with van der Waals surface area (Å²) in [7, 11) is 0. The maximum atomic E-state index is 3.88. The Hall–Kier alpha value is -3.42. The van der Waals surface area contributed by atoms with Crippen molar-refractivity contribution in [1.82, 2.24) is 0 Å². The molecule has 7 rings (SSSR count). The van der Waals surface area contributed by atoms with Crippen LogP contribution >= 0.6 is 15.9 Å². The van der Waals surface area contributed by atoms with Crippen molar-refractivity contribution in [2.75, 3.05) is 0 Å². The highest BCUT2D eigenvalue weighted by atomic mass is 79.9. The van der Waals surface area contributed by atoms with E-state index >= 15 is 0 Å². The van der Waals surface area contributed by atoms with Crippen LogP contribution in [0.2, 0.25) is 0 Å². The summed E-state index contributed by atoms with van der Waals surface area (Å²) >= 11 is 3.88. The Morgan fingerprint density at radius 2 is 1.06 bits per heavy atom. The van der Waals surface area contributed by atoms with Crippen LogP contribution < -0.4 is 0 Å². The molecule has 2 aliphatic rings. The molecular formula is C31H19Br. The first kappa shape index (κ1) is 18.2. The zero-order valence-electron chi connectivity index (χ0n) is 17.3. The van der Waals surface area contributed by atoms with Gasteiger partial charge in [0.15, 0.2) is 0 Å². The van der Waals surface area contributed by atoms with Gasteiger partial charge >= 0.3 is 0 Å². The van der Waals surface area contributed by atoms with Crippen LogP contribution in [0.1, 0.15) is 22.3 Å². The van der Waals surface area contributed by atoms with Crippen molar-refractivity contribution in [2.45, 2.75) is 5.41 Å². The highest BCUT2D eigenvalue weighted by Crippen LogP contribution is 2.63. The van der Waals surface area contributed by atoms with Crippen LogP contribution in [0, 0.1) is 0 Å². The normalized spacial score (nSPS) is 17.0. The molecule has 0 aromatic heterocycles. The molecule has 32 heavy (non-hydrogen) atoms. The summed E-state index contributed by atoms with van der Waals surface area (Å²) in [4.78, 5) is 0. The third kappa shape index (κ3) is 2.17. The average molecular weight is 471 g/mol. The topological polar surface area (TPSA) is 0 Å². The Morgan fingerprint density at radius 1 is 0.438 bits per heavy atom. The summed E-state index contributed by atoms with van der Waals surface area (Å²) in [6.07, 6.45) is 0. The van der Waals surface area contributed by atoms with E-state index in [1.165, 1.54) is 55.6 Å². The maximum Gasteiger partial charge on any atom is 0.0726 e. The first-order valence-electron chi connectivity index (χ1n) is 11.0. The van der Waals surface area contributed by atoms with Gasteiger partial charge in [-0.2, -0.15) is 0 Å². The quantitative estimate of drug-likeness (QED) is 0.225. The highest BCUT2D eigenvalue weighted by Gasteiger charge is 2.51. The van der Waals surface area contributed by atoms with Crippen molar-refractivity contribution in [2.24, 2.45) is 0 Å². The fraction of sp³-hybridized carbons (Fsp3) is 0.0323. The Bertz CT molecular complexity index is 1530. The molecule has 5 aromatic rings. The van der Waals surface area contributed by atoms with Crippen molar-refractivity contribution in [3.05, 3.63) is 142 Å². The number of hydrogen-bond acceptors (Lipinski definition) is 0. The van der Waals surface area contributed by atoms with Gasteiger partial charge in [-0.05, 0) is 62.2 Å². The Kier molecular flexibility index (Phi) is 3.72. The molecule has 0 fully saturated rings. The van der Waals surface area contributed by atoms with Crippen molar-refractivity contribution < 1.29 is 0 Å². The standard InChI is InChI=1S/C31H19Br/c32-29-16-8-15-27-30(29)24-12-5-7-14-26(24)31(27)25-13-6-4-11-22(25)23-18-17-21(19-28(23)31)20-9-2-1-3-10-20/h1-19H. The fourth-order valence-corrected chi connectivity index (χ4v) is 6.53. The average Bonchev–Trinajstić information content (AvgIpc) is 3.32. The predicted octanol–water partition coefficient (Wildman–Crippen LogP) is 8.46. The summed E-state index contributed by atoms with van der Waals surface area (Å²) in [5.41, 5.74) is 13.0. The van der Waals surface area contributed by atoms with E-state index < -0.39 is 0 Å². The van der Waals surface area contributed by atoms with Gasteiger partial charge in [0, 0.05) is 10.0 Å². The number of fused-ring (bicyclic) bond motifs is 10. The minimum atomic E-state index is -0.299. The molecule has 0 bridgehead atoms. The zero-order valence-corrected chi connectivity index (χ0v) is 18.9. The van der Waals surface area contributed by atoms with Gasteiger partial charge in [-0.25, -0.2) is 0 Å². The van der Waals surface area contributed by atoms with E-state index in [4.69, 9.17) is 0 Å². The van der Waals surface area contributed by atoms with Crippen LogP contribution in [0.4, 0.5) is 0 Å². The van der Waals surface area contributed by atoms with E-state index in [1.54, 1.807) is 0 Å². The van der Waals surface area contributed by atoms with E-state index in [-0.39, 0.29) is 5.41 Å². The van der Waals surface area contributed by atoms with Crippen LogP contribution in [-0.4, -0.2) is 0 Å². The molecule has 0 radical (unpaired) electrons. The monoisotopic (exact) mass is 470 g/mol. The van der Waals surface area contributed by atoms with Crippen LogP contribution in [0.3, 0.4) is 0 Å². The lowest BCUT2D eigenvalue weighted by Crippen LogP contribution is -2.25. The van der Waals surface area contributed by atoms with Crippen LogP contribution in [-0.2, 0) is 5.41 Å². The number of hydrogen-bond donors (Lipinski definition) is 0. The third-order valence-electron chi connectivity index (χ3n) is 7.17. The van der Waals surface area contributed by atoms with E-state index in [2.05, 4.69) is 131 Å². The Labute approximate surface area is 196 Å². The van der Waals surface area contributed by atoms with E-state index in [0.29, 0.717) is 0 Å². The zero-order chi connectivity index (χ0) is 21.3. The van der Waals surface area contributed by atoms with E-state index in [1.807, 2.05) is 0 Å². The first-order valence-corrected chi connectivity index (χ1v) is 11.8. The summed E-state index contributed by atoms with van der Waals surface area (Å²) in [6.45, 7) is 0. The van der Waals surface area contributed by atoms with Gasteiger partial charge in [-0.1, -0.05) is 119 Å². The lowest BCUT2D eigenvalue weighted by atomic mass is 9.70. The highest BCUT2D eigenvalue weighted by molar-refractivity contribution is 9.10. The van der Waals surface area contributed by atoms with Crippen molar-refractivity contribution >= 4 is 15.9 Å². The minimum Gasteiger partial charge on any atom is -0.0622 e. The number of halogens is 1. The smallest absolute Gasteiger partial charge is 0.0622 e. The molecule has 1 atom stereocenters. The van der Waals surface area contributed by atoms with Gasteiger partial charge < -0.3 is 0 Å². The molecular weight excluding hydrogens is 452 g/mol.